The third-order valence-corrected chi connectivity index (χ3v) is 4.77. The Labute approximate surface area is 164 Å². The Morgan fingerprint density at radius 3 is 2.96 bits per heavy atom. The van der Waals surface area contributed by atoms with E-state index in [-0.39, 0.29) is 6.04 Å². The van der Waals surface area contributed by atoms with Crippen LogP contribution < -0.4 is 15.8 Å². The van der Waals surface area contributed by atoms with Gasteiger partial charge in [0.15, 0.2) is 0 Å². The van der Waals surface area contributed by atoms with Gasteiger partial charge in [0.05, 0.1) is 24.2 Å². The first-order valence-electron chi connectivity index (χ1n) is 9.31. The van der Waals surface area contributed by atoms with Crippen LogP contribution in [0.4, 0.5) is 0 Å². The summed E-state index contributed by atoms with van der Waals surface area (Å²) in [5.74, 6) is 2.37. The Hall–Kier alpha value is -2.08. The average Bonchev–Trinajstić information content (AvgIpc) is 3.13. The number of hydrogen-bond acceptors (Lipinski definition) is 5. The summed E-state index contributed by atoms with van der Waals surface area (Å²) in [7, 11) is 1.88. The van der Waals surface area contributed by atoms with Crippen LogP contribution in [0.25, 0.3) is 10.9 Å². The van der Waals surface area contributed by atoms with E-state index in [1.54, 1.807) is 6.20 Å². The molecule has 3 aromatic rings. The van der Waals surface area contributed by atoms with Gasteiger partial charge < -0.3 is 20.2 Å². The lowest BCUT2D eigenvalue weighted by Crippen LogP contribution is -2.14. The van der Waals surface area contributed by atoms with Crippen LogP contribution in [-0.4, -0.2) is 18.6 Å². The number of nitrogens with two attached hydrogens (primary N) is 1. The lowest BCUT2D eigenvalue weighted by Gasteiger charge is -2.17. The summed E-state index contributed by atoms with van der Waals surface area (Å²) in [5.41, 5.74) is 8.14. The van der Waals surface area contributed by atoms with Gasteiger partial charge >= 0.3 is 0 Å². The van der Waals surface area contributed by atoms with Gasteiger partial charge in [-0.05, 0) is 55.8 Å². The average molecular weight is 388 g/mol. The van der Waals surface area contributed by atoms with Gasteiger partial charge in [-0.2, -0.15) is 0 Å². The van der Waals surface area contributed by atoms with E-state index < -0.39 is 0 Å². The van der Waals surface area contributed by atoms with Crippen molar-refractivity contribution in [2.75, 3.05) is 13.7 Å². The fraction of sp³-hybridized carbons (Fsp3) is 0.381. The molecule has 3 rings (SSSR count). The van der Waals surface area contributed by atoms with Gasteiger partial charge in [0.2, 0.25) is 0 Å². The lowest BCUT2D eigenvalue weighted by molar-refractivity contribution is 0.308. The third-order valence-electron chi connectivity index (χ3n) is 4.46. The minimum atomic E-state index is -0.290. The molecule has 5 nitrogen and oxygen atoms in total. The third kappa shape index (κ3) is 4.61. The van der Waals surface area contributed by atoms with Crippen LogP contribution in [0.5, 0.6) is 5.75 Å². The molecule has 0 amide bonds. The number of halogens is 1. The quantitative estimate of drug-likeness (QED) is 0.524. The van der Waals surface area contributed by atoms with Crippen LogP contribution in [0, 0.1) is 0 Å². The standard InChI is InChI=1S/C21H26ClN3O2/c1-3-4-10-26-21-14(11-17(22)16-6-5-9-25-20(16)21)12-18(23)19-8-7-15(27-19)13-24-2/h5-9,11,18,24H,3-4,10,12-13,23H2,1-2H3. The van der Waals surface area contributed by atoms with Crippen molar-refractivity contribution in [3.05, 3.63) is 58.6 Å². The molecule has 144 valence electrons. The number of pyridine rings is 1. The second kappa shape index (κ2) is 9.22. The summed E-state index contributed by atoms with van der Waals surface area (Å²) in [6.45, 7) is 3.45. The van der Waals surface area contributed by atoms with Gasteiger partial charge in [-0.3, -0.25) is 4.98 Å². The van der Waals surface area contributed by atoms with Gasteiger partial charge in [-0.1, -0.05) is 24.9 Å². The first-order chi connectivity index (χ1) is 13.1. The highest BCUT2D eigenvalue weighted by Crippen LogP contribution is 2.36. The van der Waals surface area contributed by atoms with Gasteiger partial charge in [0.25, 0.3) is 0 Å². The summed E-state index contributed by atoms with van der Waals surface area (Å²) in [6, 6.07) is 9.35. The molecular formula is C21H26ClN3O2. The second-order valence-electron chi connectivity index (χ2n) is 6.59. The molecule has 3 N–H and O–H groups in total. The maximum atomic E-state index is 6.50. The summed E-state index contributed by atoms with van der Waals surface area (Å²) in [6.07, 6.45) is 4.36. The first-order valence-corrected chi connectivity index (χ1v) is 9.69. The van der Waals surface area contributed by atoms with E-state index in [4.69, 9.17) is 26.5 Å². The molecule has 0 saturated carbocycles. The molecule has 0 saturated heterocycles. The zero-order valence-corrected chi connectivity index (χ0v) is 16.6. The lowest BCUT2D eigenvalue weighted by atomic mass is 10.0. The summed E-state index contributed by atoms with van der Waals surface area (Å²) in [5, 5.41) is 4.61. The van der Waals surface area contributed by atoms with Gasteiger partial charge in [-0.25, -0.2) is 0 Å². The highest BCUT2D eigenvalue weighted by Gasteiger charge is 2.19. The number of ether oxygens (including phenoxy) is 1. The molecule has 0 aliphatic carbocycles. The molecule has 1 atom stereocenters. The Bertz CT molecular complexity index is 894. The fourth-order valence-corrected chi connectivity index (χ4v) is 3.34. The molecule has 0 aliphatic rings. The number of benzene rings is 1. The highest BCUT2D eigenvalue weighted by molar-refractivity contribution is 6.35. The maximum Gasteiger partial charge on any atom is 0.148 e. The molecule has 1 unspecified atom stereocenters. The van der Waals surface area contributed by atoms with E-state index >= 15 is 0 Å². The Balaban J connectivity index is 1.92. The topological polar surface area (TPSA) is 73.3 Å². The van der Waals surface area contributed by atoms with Crippen LogP contribution in [0.1, 0.15) is 42.9 Å². The van der Waals surface area contributed by atoms with Crippen molar-refractivity contribution < 1.29 is 9.15 Å². The number of nitrogens with one attached hydrogen (secondary N) is 1. The number of fused-ring (bicyclic) bond motifs is 1. The van der Waals surface area contributed by atoms with Gasteiger partial charge in [0.1, 0.15) is 22.8 Å². The molecular weight excluding hydrogens is 362 g/mol. The number of nitrogens with zero attached hydrogens (tertiary/aromatic N) is 1. The van der Waals surface area contributed by atoms with Crippen LogP contribution in [0.2, 0.25) is 5.02 Å². The number of hydrogen-bond donors (Lipinski definition) is 2. The largest absolute Gasteiger partial charge is 0.491 e. The SMILES string of the molecule is CCCCOc1c(CC(N)c2ccc(CNC)o2)cc(Cl)c2cccnc12. The van der Waals surface area contributed by atoms with Crippen molar-refractivity contribution in [3.8, 4) is 5.75 Å². The predicted octanol–water partition coefficient (Wildman–Crippen LogP) is 4.62. The molecule has 0 fully saturated rings. The smallest absolute Gasteiger partial charge is 0.148 e. The predicted molar refractivity (Wildman–Crippen MR) is 109 cm³/mol. The van der Waals surface area contributed by atoms with E-state index in [9.17, 15) is 0 Å². The Kier molecular flexibility index (Phi) is 6.72. The van der Waals surface area contributed by atoms with E-state index in [1.165, 1.54) is 0 Å². The molecule has 6 heteroatoms. The van der Waals surface area contributed by atoms with E-state index in [2.05, 4.69) is 17.2 Å². The monoisotopic (exact) mass is 387 g/mol. The zero-order chi connectivity index (χ0) is 19.2. The van der Waals surface area contributed by atoms with Crippen LogP contribution in [-0.2, 0) is 13.0 Å². The van der Waals surface area contributed by atoms with Gasteiger partial charge in [0, 0.05) is 11.6 Å². The maximum absolute atomic E-state index is 6.50. The minimum Gasteiger partial charge on any atom is -0.491 e. The number of rotatable bonds is 9. The van der Waals surface area contributed by atoms with Crippen molar-refractivity contribution in [1.29, 1.82) is 0 Å². The fourth-order valence-electron chi connectivity index (χ4n) is 3.06. The first kappa shape index (κ1) is 19.7. The molecule has 0 bridgehead atoms. The van der Waals surface area contributed by atoms with Crippen LogP contribution >= 0.6 is 11.6 Å². The van der Waals surface area contributed by atoms with Crippen LogP contribution in [0.15, 0.2) is 40.9 Å². The summed E-state index contributed by atoms with van der Waals surface area (Å²) in [4.78, 5) is 4.51. The zero-order valence-electron chi connectivity index (χ0n) is 15.8. The molecule has 2 heterocycles. The van der Waals surface area contributed by atoms with Crippen molar-refractivity contribution in [2.45, 2.75) is 38.8 Å². The summed E-state index contributed by atoms with van der Waals surface area (Å²) >= 11 is 6.50. The Morgan fingerprint density at radius 2 is 2.19 bits per heavy atom. The van der Waals surface area contributed by atoms with Crippen molar-refractivity contribution in [3.63, 3.8) is 0 Å². The van der Waals surface area contributed by atoms with Crippen molar-refractivity contribution in [2.24, 2.45) is 5.73 Å². The molecule has 1 aromatic carbocycles. The minimum absolute atomic E-state index is 0.290. The van der Waals surface area contributed by atoms with Crippen molar-refractivity contribution in [1.82, 2.24) is 10.3 Å². The van der Waals surface area contributed by atoms with Crippen molar-refractivity contribution >= 4 is 22.5 Å². The Morgan fingerprint density at radius 1 is 1.33 bits per heavy atom. The second-order valence-corrected chi connectivity index (χ2v) is 7.00. The number of unbranched alkanes of at least 4 members (excludes halogenated alkanes) is 1. The normalized spacial score (nSPS) is 12.4. The molecule has 0 aliphatic heterocycles. The number of aromatic nitrogens is 1. The highest BCUT2D eigenvalue weighted by atomic mass is 35.5. The molecule has 0 spiro atoms. The van der Waals surface area contributed by atoms with Gasteiger partial charge in [-0.15, -0.1) is 0 Å². The molecule has 0 radical (unpaired) electrons. The van der Waals surface area contributed by atoms with E-state index in [0.29, 0.717) is 24.6 Å². The molecule has 2 aromatic heterocycles. The van der Waals surface area contributed by atoms with E-state index in [0.717, 1.165) is 46.6 Å². The summed E-state index contributed by atoms with van der Waals surface area (Å²) < 4.78 is 11.9. The molecule has 27 heavy (non-hydrogen) atoms. The van der Waals surface area contributed by atoms with E-state index in [1.807, 2.05) is 37.4 Å². The van der Waals surface area contributed by atoms with Crippen LogP contribution in [0.3, 0.4) is 0 Å². The number of furan rings is 1.